The molecule has 1 aliphatic rings. The quantitative estimate of drug-likeness (QED) is 0.756. The lowest BCUT2D eigenvalue weighted by atomic mass is 9.93. The first-order valence-corrected chi connectivity index (χ1v) is 7.21. The van der Waals surface area contributed by atoms with E-state index in [2.05, 4.69) is 24.1 Å². The highest BCUT2D eigenvalue weighted by Gasteiger charge is 2.32. The standard InChI is InChI=1S/C14H29N3O/c1-5-16-14(4,13(15)18)9-10-17-11(2)7-6-8-12(17)3/h11-12,16H,5-10H2,1-4H3,(H2,15,18)/t11-,12+,14?. The fourth-order valence-corrected chi connectivity index (χ4v) is 2.96. The molecule has 3 N–H and O–H groups in total. The Morgan fingerprint density at radius 1 is 1.39 bits per heavy atom. The third kappa shape index (κ3) is 3.69. The van der Waals surface area contributed by atoms with Gasteiger partial charge in [0.1, 0.15) is 0 Å². The molecule has 1 heterocycles. The van der Waals surface area contributed by atoms with Gasteiger partial charge in [0, 0.05) is 18.6 Å². The van der Waals surface area contributed by atoms with E-state index in [0.717, 1.165) is 19.5 Å². The van der Waals surface area contributed by atoms with Crippen LogP contribution in [0.3, 0.4) is 0 Å². The SMILES string of the molecule is CCNC(C)(CCN1[C@H](C)CCC[C@@H]1C)C(N)=O. The van der Waals surface area contributed by atoms with Gasteiger partial charge in [-0.15, -0.1) is 0 Å². The zero-order valence-corrected chi connectivity index (χ0v) is 12.3. The molecule has 0 bridgehead atoms. The first kappa shape index (κ1) is 15.4. The molecule has 18 heavy (non-hydrogen) atoms. The molecule has 1 rings (SSSR count). The van der Waals surface area contributed by atoms with Gasteiger partial charge in [-0.05, 0) is 46.6 Å². The maximum absolute atomic E-state index is 11.6. The van der Waals surface area contributed by atoms with Crippen LogP contribution in [0.1, 0.15) is 53.4 Å². The summed E-state index contributed by atoms with van der Waals surface area (Å²) in [6.45, 7) is 10.2. The van der Waals surface area contributed by atoms with Crippen molar-refractivity contribution in [1.82, 2.24) is 10.2 Å². The van der Waals surface area contributed by atoms with Crippen LogP contribution in [-0.2, 0) is 4.79 Å². The highest BCUT2D eigenvalue weighted by atomic mass is 16.1. The number of hydrogen-bond acceptors (Lipinski definition) is 3. The number of carbonyl (C=O) groups is 1. The number of amides is 1. The molecule has 1 amide bonds. The highest BCUT2D eigenvalue weighted by Crippen LogP contribution is 2.24. The largest absolute Gasteiger partial charge is 0.368 e. The van der Waals surface area contributed by atoms with E-state index in [4.69, 9.17) is 5.73 Å². The molecule has 0 saturated carbocycles. The van der Waals surface area contributed by atoms with E-state index in [-0.39, 0.29) is 5.91 Å². The van der Waals surface area contributed by atoms with Crippen LogP contribution in [0, 0.1) is 0 Å². The molecule has 106 valence electrons. The first-order valence-electron chi connectivity index (χ1n) is 7.21. The second kappa shape index (κ2) is 6.53. The fraction of sp³-hybridized carbons (Fsp3) is 0.929. The number of primary amides is 1. The average molecular weight is 255 g/mol. The maximum Gasteiger partial charge on any atom is 0.237 e. The van der Waals surface area contributed by atoms with Gasteiger partial charge in [0.25, 0.3) is 0 Å². The molecule has 1 fully saturated rings. The molecular formula is C14H29N3O. The predicted molar refractivity (Wildman–Crippen MR) is 75.4 cm³/mol. The molecule has 4 heteroatoms. The number of likely N-dealkylation sites (tertiary alicyclic amines) is 1. The number of nitrogens with two attached hydrogens (primary N) is 1. The molecule has 0 aromatic rings. The van der Waals surface area contributed by atoms with Crippen molar-refractivity contribution in [2.24, 2.45) is 5.73 Å². The Morgan fingerprint density at radius 3 is 2.39 bits per heavy atom. The van der Waals surface area contributed by atoms with Gasteiger partial charge in [-0.1, -0.05) is 13.3 Å². The van der Waals surface area contributed by atoms with Gasteiger partial charge < -0.3 is 11.1 Å². The van der Waals surface area contributed by atoms with Crippen molar-refractivity contribution in [2.45, 2.75) is 71.0 Å². The van der Waals surface area contributed by atoms with Gasteiger partial charge in [-0.25, -0.2) is 0 Å². The summed E-state index contributed by atoms with van der Waals surface area (Å²) < 4.78 is 0. The molecule has 0 spiro atoms. The van der Waals surface area contributed by atoms with Crippen LogP contribution >= 0.6 is 0 Å². The molecule has 0 aromatic heterocycles. The second-order valence-corrected chi connectivity index (χ2v) is 5.84. The van der Waals surface area contributed by atoms with E-state index in [9.17, 15) is 4.79 Å². The lowest BCUT2D eigenvalue weighted by Crippen LogP contribution is -2.56. The van der Waals surface area contributed by atoms with Crippen LogP contribution in [0.25, 0.3) is 0 Å². The topological polar surface area (TPSA) is 58.4 Å². The Morgan fingerprint density at radius 2 is 1.94 bits per heavy atom. The van der Waals surface area contributed by atoms with Crippen molar-refractivity contribution in [3.05, 3.63) is 0 Å². The lowest BCUT2D eigenvalue weighted by Gasteiger charge is -2.41. The van der Waals surface area contributed by atoms with Crippen molar-refractivity contribution in [1.29, 1.82) is 0 Å². The summed E-state index contributed by atoms with van der Waals surface area (Å²) in [6, 6.07) is 1.24. The van der Waals surface area contributed by atoms with Crippen molar-refractivity contribution in [2.75, 3.05) is 13.1 Å². The predicted octanol–water partition coefficient (Wildman–Crippen LogP) is 1.49. The molecule has 0 aromatic carbocycles. The van der Waals surface area contributed by atoms with E-state index < -0.39 is 5.54 Å². The summed E-state index contributed by atoms with van der Waals surface area (Å²) >= 11 is 0. The van der Waals surface area contributed by atoms with Crippen molar-refractivity contribution in [3.8, 4) is 0 Å². The number of piperidine rings is 1. The Balaban J connectivity index is 2.58. The van der Waals surface area contributed by atoms with E-state index in [1.54, 1.807) is 0 Å². The summed E-state index contributed by atoms with van der Waals surface area (Å²) in [7, 11) is 0. The number of likely N-dealkylation sites (N-methyl/N-ethyl adjacent to an activating group) is 1. The molecule has 1 aliphatic heterocycles. The van der Waals surface area contributed by atoms with Crippen LogP contribution in [0.15, 0.2) is 0 Å². The molecule has 1 unspecified atom stereocenters. The summed E-state index contributed by atoms with van der Waals surface area (Å²) in [5.74, 6) is -0.248. The second-order valence-electron chi connectivity index (χ2n) is 5.84. The van der Waals surface area contributed by atoms with Crippen LogP contribution in [-0.4, -0.2) is 41.5 Å². The van der Waals surface area contributed by atoms with E-state index >= 15 is 0 Å². The van der Waals surface area contributed by atoms with Gasteiger partial charge in [0.05, 0.1) is 5.54 Å². The van der Waals surface area contributed by atoms with Gasteiger partial charge in [-0.2, -0.15) is 0 Å². The fourth-order valence-electron chi connectivity index (χ4n) is 2.96. The average Bonchev–Trinajstić information content (AvgIpc) is 2.28. The van der Waals surface area contributed by atoms with Crippen LogP contribution < -0.4 is 11.1 Å². The van der Waals surface area contributed by atoms with Gasteiger partial charge in [0.15, 0.2) is 0 Å². The lowest BCUT2D eigenvalue weighted by molar-refractivity contribution is -0.124. The minimum absolute atomic E-state index is 0.248. The molecule has 0 aliphatic carbocycles. The Hall–Kier alpha value is -0.610. The molecule has 1 saturated heterocycles. The van der Waals surface area contributed by atoms with Crippen molar-refractivity contribution >= 4 is 5.91 Å². The number of rotatable bonds is 6. The molecule has 3 atom stereocenters. The van der Waals surface area contributed by atoms with Gasteiger partial charge in [-0.3, -0.25) is 9.69 Å². The van der Waals surface area contributed by atoms with Crippen LogP contribution in [0.4, 0.5) is 0 Å². The normalized spacial score (nSPS) is 28.9. The van der Waals surface area contributed by atoms with E-state index in [0.29, 0.717) is 12.1 Å². The Kier molecular flexibility index (Phi) is 5.60. The zero-order chi connectivity index (χ0) is 13.8. The minimum Gasteiger partial charge on any atom is -0.368 e. The smallest absolute Gasteiger partial charge is 0.237 e. The highest BCUT2D eigenvalue weighted by molar-refractivity contribution is 5.84. The molecule has 4 nitrogen and oxygen atoms in total. The van der Waals surface area contributed by atoms with E-state index in [1.807, 2.05) is 13.8 Å². The van der Waals surface area contributed by atoms with E-state index in [1.165, 1.54) is 19.3 Å². The number of carbonyl (C=O) groups excluding carboxylic acids is 1. The monoisotopic (exact) mass is 255 g/mol. The van der Waals surface area contributed by atoms with Crippen LogP contribution in [0.5, 0.6) is 0 Å². The number of hydrogen-bond donors (Lipinski definition) is 2. The molecular weight excluding hydrogens is 226 g/mol. The third-order valence-corrected chi connectivity index (χ3v) is 4.36. The summed E-state index contributed by atoms with van der Waals surface area (Å²) in [5, 5.41) is 3.23. The van der Waals surface area contributed by atoms with Crippen LogP contribution in [0.2, 0.25) is 0 Å². The summed E-state index contributed by atoms with van der Waals surface area (Å²) in [4.78, 5) is 14.1. The third-order valence-electron chi connectivity index (χ3n) is 4.36. The Labute approximate surface area is 111 Å². The van der Waals surface area contributed by atoms with Gasteiger partial charge in [0.2, 0.25) is 5.91 Å². The summed E-state index contributed by atoms with van der Waals surface area (Å²) in [5.41, 5.74) is 4.94. The zero-order valence-electron chi connectivity index (χ0n) is 12.3. The van der Waals surface area contributed by atoms with Gasteiger partial charge >= 0.3 is 0 Å². The molecule has 0 radical (unpaired) electrons. The van der Waals surface area contributed by atoms with Crippen molar-refractivity contribution < 1.29 is 4.79 Å². The Bertz CT molecular complexity index is 272. The maximum atomic E-state index is 11.6. The minimum atomic E-state index is -0.578. The number of nitrogens with one attached hydrogen (secondary N) is 1. The van der Waals surface area contributed by atoms with Crippen molar-refractivity contribution in [3.63, 3.8) is 0 Å². The number of nitrogens with zero attached hydrogens (tertiary/aromatic N) is 1. The summed E-state index contributed by atoms with van der Waals surface area (Å²) in [6.07, 6.45) is 4.63. The first-order chi connectivity index (χ1) is 8.40.